The minimum Gasteiger partial charge on any atom is -0.497 e. The predicted molar refractivity (Wildman–Crippen MR) is 134 cm³/mol. The van der Waals surface area contributed by atoms with Crippen LogP contribution in [0, 0.1) is 10.1 Å². The highest BCUT2D eigenvalue weighted by molar-refractivity contribution is 7.14. The number of ether oxygens (including phenoxy) is 2. The number of rotatable bonds is 9. The molecule has 2 unspecified atom stereocenters. The van der Waals surface area contributed by atoms with Crippen LogP contribution < -0.4 is 15.4 Å². The molecule has 2 N–H and O–H groups in total. The summed E-state index contributed by atoms with van der Waals surface area (Å²) in [7, 11) is 2.69. The van der Waals surface area contributed by atoms with Gasteiger partial charge >= 0.3 is 12.0 Å². The number of non-ortho nitro benzene ring substituents is 1. The van der Waals surface area contributed by atoms with Gasteiger partial charge in [-0.1, -0.05) is 24.3 Å². The number of carbonyl (C=O) groups is 4. The number of esters is 1. The van der Waals surface area contributed by atoms with Gasteiger partial charge in [0.1, 0.15) is 17.8 Å². The monoisotopic (exact) mass is 539 g/mol. The molecule has 38 heavy (non-hydrogen) atoms. The summed E-state index contributed by atoms with van der Waals surface area (Å²) < 4.78 is 9.74. The number of imide groups is 1. The number of hydrogen-bond donors (Lipinski definition) is 2. The number of nitrogens with zero attached hydrogens (tertiary/aromatic N) is 3. The smallest absolute Gasteiger partial charge is 0.357 e. The van der Waals surface area contributed by atoms with E-state index in [1.165, 1.54) is 43.9 Å². The summed E-state index contributed by atoms with van der Waals surface area (Å²) in [6.45, 7) is 0. The summed E-state index contributed by atoms with van der Waals surface area (Å²) in [4.78, 5) is 66.8. The third kappa shape index (κ3) is 5.44. The summed E-state index contributed by atoms with van der Waals surface area (Å²) in [5.74, 6) is -1.53. The van der Waals surface area contributed by atoms with Crippen molar-refractivity contribution in [1.29, 1.82) is 0 Å². The van der Waals surface area contributed by atoms with Gasteiger partial charge in [0.15, 0.2) is 10.8 Å². The van der Waals surface area contributed by atoms with Crippen molar-refractivity contribution in [3.05, 3.63) is 80.8 Å². The molecule has 0 bridgehead atoms. The molecule has 0 saturated carbocycles. The van der Waals surface area contributed by atoms with E-state index in [4.69, 9.17) is 4.74 Å². The Hall–Kier alpha value is -4.85. The number of anilines is 1. The first-order valence-electron chi connectivity index (χ1n) is 11.1. The molecule has 4 amide bonds. The van der Waals surface area contributed by atoms with Crippen LogP contribution in [0.5, 0.6) is 5.75 Å². The van der Waals surface area contributed by atoms with E-state index in [9.17, 15) is 29.3 Å². The second-order valence-corrected chi connectivity index (χ2v) is 8.88. The first-order chi connectivity index (χ1) is 18.2. The Labute approximate surface area is 219 Å². The van der Waals surface area contributed by atoms with Crippen LogP contribution in [0.3, 0.4) is 0 Å². The molecule has 1 aliphatic rings. The molecule has 2 atom stereocenters. The number of benzene rings is 2. The van der Waals surface area contributed by atoms with E-state index in [-0.39, 0.29) is 22.9 Å². The van der Waals surface area contributed by atoms with Crippen molar-refractivity contribution < 1.29 is 33.6 Å². The lowest BCUT2D eigenvalue weighted by molar-refractivity contribution is -0.384. The molecular formula is C24H21N5O8S. The van der Waals surface area contributed by atoms with Crippen LogP contribution in [0.4, 0.5) is 15.6 Å². The number of urea groups is 1. The molecule has 0 spiro atoms. The van der Waals surface area contributed by atoms with Gasteiger partial charge in [-0.05, 0) is 23.3 Å². The van der Waals surface area contributed by atoms with Crippen LogP contribution in [0.1, 0.15) is 27.7 Å². The summed E-state index contributed by atoms with van der Waals surface area (Å²) in [6, 6.07) is 8.78. The third-order valence-electron chi connectivity index (χ3n) is 5.74. The molecule has 2 aromatic carbocycles. The van der Waals surface area contributed by atoms with Crippen molar-refractivity contribution in [1.82, 2.24) is 15.2 Å². The number of nitro benzene ring substituents is 1. The van der Waals surface area contributed by atoms with Gasteiger partial charge in [0.05, 0.1) is 19.1 Å². The van der Waals surface area contributed by atoms with Crippen LogP contribution in [-0.4, -0.2) is 58.9 Å². The fourth-order valence-corrected chi connectivity index (χ4v) is 4.49. The molecule has 1 saturated heterocycles. The lowest BCUT2D eigenvalue weighted by atomic mass is 10.0. The number of aromatic nitrogens is 1. The Balaban J connectivity index is 1.63. The van der Waals surface area contributed by atoms with Crippen molar-refractivity contribution >= 4 is 46.0 Å². The molecule has 2 heterocycles. The Morgan fingerprint density at radius 2 is 1.84 bits per heavy atom. The number of hydrogen-bond acceptors (Lipinski definition) is 10. The van der Waals surface area contributed by atoms with Crippen molar-refractivity contribution in [2.24, 2.45) is 0 Å². The Bertz CT molecular complexity index is 1390. The van der Waals surface area contributed by atoms with Gasteiger partial charge in [-0.15, -0.1) is 11.3 Å². The lowest BCUT2D eigenvalue weighted by Crippen LogP contribution is -2.49. The van der Waals surface area contributed by atoms with Crippen LogP contribution in [-0.2, 0) is 20.7 Å². The minimum atomic E-state index is -1.34. The largest absolute Gasteiger partial charge is 0.497 e. The number of nitro groups is 1. The highest BCUT2D eigenvalue weighted by atomic mass is 32.1. The second kappa shape index (κ2) is 11.0. The van der Waals surface area contributed by atoms with Gasteiger partial charge in [0, 0.05) is 23.9 Å². The molecule has 196 valence electrons. The maximum atomic E-state index is 13.4. The first-order valence-corrected chi connectivity index (χ1v) is 12.0. The van der Waals surface area contributed by atoms with Crippen molar-refractivity contribution in [2.45, 2.75) is 18.5 Å². The average Bonchev–Trinajstić information content (AvgIpc) is 3.50. The highest BCUT2D eigenvalue weighted by Gasteiger charge is 2.45. The lowest BCUT2D eigenvalue weighted by Gasteiger charge is -2.24. The number of nitrogens with one attached hydrogen (secondary N) is 2. The quantitative estimate of drug-likeness (QED) is 0.180. The fraction of sp³-hybridized carbons (Fsp3) is 0.208. The van der Waals surface area contributed by atoms with E-state index in [0.717, 1.165) is 16.2 Å². The summed E-state index contributed by atoms with van der Waals surface area (Å²) in [6.07, 6.45) is -0.131. The Morgan fingerprint density at radius 1 is 1.16 bits per heavy atom. The van der Waals surface area contributed by atoms with E-state index >= 15 is 0 Å². The highest BCUT2D eigenvalue weighted by Crippen LogP contribution is 2.28. The fourth-order valence-electron chi connectivity index (χ4n) is 3.81. The van der Waals surface area contributed by atoms with Crippen molar-refractivity contribution in [2.75, 3.05) is 19.5 Å². The first kappa shape index (κ1) is 26.2. The normalized spacial score (nSPS) is 15.5. The van der Waals surface area contributed by atoms with Gasteiger partial charge in [-0.2, -0.15) is 0 Å². The zero-order valence-electron chi connectivity index (χ0n) is 20.1. The molecule has 0 radical (unpaired) electrons. The molecule has 14 heteroatoms. The summed E-state index contributed by atoms with van der Waals surface area (Å²) in [5.41, 5.74) is 0.791. The van der Waals surface area contributed by atoms with Gasteiger partial charge in [-0.3, -0.25) is 19.7 Å². The van der Waals surface area contributed by atoms with Crippen LogP contribution >= 0.6 is 11.3 Å². The van der Waals surface area contributed by atoms with Crippen LogP contribution in [0.25, 0.3) is 0 Å². The summed E-state index contributed by atoms with van der Waals surface area (Å²) >= 11 is 0.961. The number of amides is 4. The number of carbonyl (C=O) groups excluding carboxylic acids is 4. The molecule has 3 aromatic rings. The molecule has 1 aliphatic heterocycles. The predicted octanol–water partition coefficient (Wildman–Crippen LogP) is 2.69. The maximum Gasteiger partial charge on any atom is 0.357 e. The van der Waals surface area contributed by atoms with Crippen LogP contribution in [0.15, 0.2) is 53.9 Å². The van der Waals surface area contributed by atoms with Crippen molar-refractivity contribution in [3.8, 4) is 5.75 Å². The molecule has 0 aliphatic carbocycles. The van der Waals surface area contributed by atoms with E-state index < -0.39 is 40.8 Å². The molecule has 13 nitrogen and oxygen atoms in total. The van der Waals surface area contributed by atoms with E-state index in [1.807, 2.05) is 0 Å². The number of thiazole rings is 1. The third-order valence-corrected chi connectivity index (χ3v) is 6.50. The van der Waals surface area contributed by atoms with Crippen molar-refractivity contribution in [3.63, 3.8) is 0 Å². The second-order valence-electron chi connectivity index (χ2n) is 8.03. The number of methoxy groups -OCH3 is 2. The Kier molecular flexibility index (Phi) is 7.62. The Morgan fingerprint density at radius 3 is 2.45 bits per heavy atom. The van der Waals surface area contributed by atoms with Gasteiger partial charge in [0.2, 0.25) is 5.91 Å². The van der Waals surface area contributed by atoms with E-state index in [0.29, 0.717) is 16.9 Å². The molecular weight excluding hydrogens is 518 g/mol. The molecule has 1 aromatic heterocycles. The van der Waals surface area contributed by atoms with Crippen LogP contribution in [0.2, 0.25) is 0 Å². The average molecular weight is 540 g/mol. The topological polar surface area (TPSA) is 170 Å². The SMILES string of the molecule is COC(=O)c1csc(NC(=O)C(Cc2ccc([N+](=O)[O-])cc2)N2C(=O)NC(c3ccc(OC)cc3)C2=O)n1. The standard InChI is InChI=1S/C24H21N5O8S/c1-36-16-9-5-14(6-10-16)19-21(31)28(24(33)26-19)18(11-13-3-7-15(8-4-13)29(34)35)20(30)27-23-25-17(12-38-23)22(32)37-2/h3-10,12,18-19H,11H2,1-2H3,(H,26,33)(H,25,27,30). The molecule has 1 fully saturated rings. The van der Waals surface area contributed by atoms with E-state index in [1.54, 1.807) is 24.3 Å². The molecule has 4 rings (SSSR count). The minimum absolute atomic E-state index is 0.0192. The zero-order chi connectivity index (χ0) is 27.4. The van der Waals surface area contributed by atoms with E-state index in [2.05, 4.69) is 20.4 Å². The zero-order valence-corrected chi connectivity index (χ0v) is 20.9. The van der Waals surface area contributed by atoms with Gasteiger partial charge < -0.3 is 20.1 Å². The summed E-state index contributed by atoms with van der Waals surface area (Å²) in [5, 5.41) is 17.6. The van der Waals surface area contributed by atoms with Gasteiger partial charge in [-0.25, -0.2) is 19.5 Å². The maximum absolute atomic E-state index is 13.4. The van der Waals surface area contributed by atoms with Gasteiger partial charge in [0.25, 0.3) is 11.6 Å².